The van der Waals surface area contributed by atoms with Gasteiger partial charge in [-0.05, 0) is 36.1 Å². The van der Waals surface area contributed by atoms with Crippen LogP contribution in [0.4, 0.5) is 4.79 Å². The van der Waals surface area contributed by atoms with Crippen LogP contribution >= 0.6 is 0 Å². The average molecular weight is 437 g/mol. The van der Waals surface area contributed by atoms with Crippen molar-refractivity contribution in [2.75, 3.05) is 20.7 Å². The van der Waals surface area contributed by atoms with Crippen LogP contribution in [0, 0.1) is 0 Å². The Morgan fingerprint density at radius 2 is 1.47 bits per heavy atom. The van der Waals surface area contributed by atoms with E-state index >= 15 is 0 Å². The molecule has 7 nitrogen and oxygen atoms in total. The molecular weight excluding hydrogens is 408 g/mol. The lowest BCUT2D eigenvalue weighted by atomic mass is 9.98. The molecule has 0 aliphatic heterocycles. The second-order valence-corrected chi connectivity index (χ2v) is 7.82. The van der Waals surface area contributed by atoms with Gasteiger partial charge in [-0.3, -0.25) is 9.69 Å². The fraction of sp³-hybridized carbons (Fsp3) is 0.320. The predicted molar refractivity (Wildman–Crippen MR) is 121 cm³/mol. The van der Waals surface area contributed by atoms with E-state index in [1.165, 1.54) is 23.9 Å². The lowest BCUT2D eigenvalue weighted by Gasteiger charge is -2.30. The van der Waals surface area contributed by atoms with Crippen molar-refractivity contribution in [3.63, 3.8) is 0 Å². The van der Waals surface area contributed by atoms with Gasteiger partial charge in [-0.25, -0.2) is 9.59 Å². The third-order valence-corrected chi connectivity index (χ3v) is 6.03. The molecule has 168 valence electrons. The van der Waals surface area contributed by atoms with Crippen LogP contribution in [0.15, 0.2) is 61.4 Å². The van der Waals surface area contributed by atoms with Gasteiger partial charge in [0.2, 0.25) is 5.91 Å². The summed E-state index contributed by atoms with van der Waals surface area (Å²) < 4.78 is 10.4. The Labute approximate surface area is 188 Å². The maximum Gasteiger partial charge on any atom is 0.410 e. The van der Waals surface area contributed by atoms with Gasteiger partial charge >= 0.3 is 12.1 Å². The zero-order chi connectivity index (χ0) is 23.4. The van der Waals surface area contributed by atoms with E-state index < -0.39 is 30.1 Å². The Morgan fingerprint density at radius 1 is 0.938 bits per heavy atom. The summed E-state index contributed by atoms with van der Waals surface area (Å²) in [5.74, 6) is -1.08. The molecule has 1 aliphatic rings. The molecule has 1 aliphatic carbocycles. The minimum Gasteiger partial charge on any atom is -0.448 e. The summed E-state index contributed by atoms with van der Waals surface area (Å²) in [6.07, 6.45) is 0.408. The van der Waals surface area contributed by atoms with Crippen molar-refractivity contribution in [3.05, 3.63) is 72.5 Å². The lowest BCUT2D eigenvalue weighted by Crippen LogP contribution is -2.51. The van der Waals surface area contributed by atoms with Crippen molar-refractivity contribution < 1.29 is 23.9 Å². The Hall–Kier alpha value is -3.61. The van der Waals surface area contributed by atoms with Crippen molar-refractivity contribution in [2.45, 2.75) is 31.8 Å². The number of hydrogen-bond donors (Lipinski definition) is 0. The number of fused-ring (bicyclic) bond motifs is 3. The Kier molecular flexibility index (Phi) is 6.98. The van der Waals surface area contributed by atoms with Crippen LogP contribution in [0.2, 0.25) is 0 Å². The molecule has 0 unspecified atom stereocenters. The molecule has 7 heteroatoms. The maximum atomic E-state index is 12.8. The summed E-state index contributed by atoms with van der Waals surface area (Å²) in [5, 5.41) is 0. The Balaban J connectivity index is 1.65. The molecule has 2 aromatic carbocycles. The van der Waals surface area contributed by atoms with Gasteiger partial charge < -0.3 is 14.4 Å². The number of ether oxygens (including phenoxy) is 2. The van der Waals surface area contributed by atoms with Gasteiger partial charge in [0.05, 0.1) is 6.26 Å². The van der Waals surface area contributed by atoms with Crippen molar-refractivity contribution in [1.82, 2.24) is 9.80 Å². The topological polar surface area (TPSA) is 76.2 Å². The molecule has 0 fully saturated rings. The van der Waals surface area contributed by atoms with E-state index in [2.05, 4.69) is 18.7 Å². The lowest BCUT2D eigenvalue weighted by molar-refractivity contribution is -0.150. The van der Waals surface area contributed by atoms with Crippen molar-refractivity contribution >= 4 is 18.0 Å². The molecule has 0 aromatic heterocycles. The number of esters is 1. The number of likely N-dealkylation sites (N-methyl/N-ethyl adjacent to an activating group) is 2. The first-order chi connectivity index (χ1) is 15.3. The van der Waals surface area contributed by atoms with E-state index in [0.717, 1.165) is 28.5 Å². The Morgan fingerprint density at radius 3 is 2.00 bits per heavy atom. The normalized spacial score (nSPS) is 13.9. The quantitative estimate of drug-likeness (QED) is 0.488. The van der Waals surface area contributed by atoms with Crippen LogP contribution in [0.3, 0.4) is 0 Å². The highest BCUT2D eigenvalue weighted by molar-refractivity contribution is 5.89. The van der Waals surface area contributed by atoms with Gasteiger partial charge in [-0.15, -0.1) is 0 Å². The summed E-state index contributed by atoms with van der Waals surface area (Å²) in [7, 11) is 2.99. The van der Waals surface area contributed by atoms with Gasteiger partial charge in [0.1, 0.15) is 18.7 Å². The highest BCUT2D eigenvalue weighted by atomic mass is 16.6. The summed E-state index contributed by atoms with van der Waals surface area (Å²) in [5.41, 5.74) is 4.51. The average Bonchev–Trinajstić information content (AvgIpc) is 3.14. The molecule has 2 atom stereocenters. The standard InChI is InChI=1S/C25H28N2O5/c1-6-31-24(29)17(3)26(4)23(28)16(2)27(5)25(30)32-15-22-20-13-9-7-11-18(20)19-12-8-10-14-21(19)22/h6-14,16-17,22H,1,15H2,2-5H3/t16-,17-/m0/s1. The molecular formula is C25H28N2O5. The van der Waals surface area contributed by atoms with Crippen LogP contribution in [0.5, 0.6) is 0 Å². The van der Waals surface area contributed by atoms with Crippen molar-refractivity contribution in [1.29, 1.82) is 0 Å². The SMILES string of the molecule is C=COC(=O)[C@H](C)N(C)C(=O)[C@H](C)N(C)C(=O)OCC1c2ccccc2-c2ccccc21. The van der Waals surface area contributed by atoms with Crippen molar-refractivity contribution in [2.24, 2.45) is 0 Å². The molecule has 3 rings (SSSR count). The van der Waals surface area contributed by atoms with Crippen LogP contribution in [0.1, 0.15) is 30.9 Å². The highest BCUT2D eigenvalue weighted by Gasteiger charge is 2.33. The zero-order valence-corrected chi connectivity index (χ0v) is 18.8. The first kappa shape index (κ1) is 23.1. The molecule has 32 heavy (non-hydrogen) atoms. The molecule has 0 saturated heterocycles. The monoisotopic (exact) mass is 436 g/mol. The van der Waals surface area contributed by atoms with E-state index in [4.69, 9.17) is 9.47 Å². The number of carbonyl (C=O) groups is 3. The molecule has 0 heterocycles. The van der Waals surface area contributed by atoms with Gasteiger partial charge in [0, 0.05) is 20.0 Å². The molecule has 2 amide bonds. The maximum absolute atomic E-state index is 12.8. The molecule has 0 N–H and O–H groups in total. The fourth-order valence-corrected chi connectivity index (χ4v) is 3.84. The molecule has 2 aromatic rings. The minimum absolute atomic E-state index is 0.0675. The number of carbonyl (C=O) groups excluding carboxylic acids is 3. The highest BCUT2D eigenvalue weighted by Crippen LogP contribution is 2.44. The molecule has 0 spiro atoms. The van der Waals surface area contributed by atoms with Crippen LogP contribution in [0.25, 0.3) is 11.1 Å². The number of nitrogens with zero attached hydrogens (tertiary/aromatic N) is 2. The molecule has 0 radical (unpaired) electrons. The number of benzene rings is 2. The number of rotatable bonds is 7. The smallest absolute Gasteiger partial charge is 0.410 e. The van der Waals surface area contributed by atoms with Gasteiger partial charge in [-0.1, -0.05) is 55.1 Å². The van der Waals surface area contributed by atoms with Crippen LogP contribution in [-0.4, -0.2) is 60.6 Å². The number of amides is 2. The van der Waals surface area contributed by atoms with E-state index in [1.807, 2.05) is 36.4 Å². The third kappa shape index (κ3) is 4.37. The molecule has 0 bridgehead atoms. The zero-order valence-electron chi connectivity index (χ0n) is 18.8. The van der Waals surface area contributed by atoms with E-state index in [9.17, 15) is 14.4 Å². The molecule has 0 saturated carbocycles. The Bertz CT molecular complexity index is 989. The van der Waals surface area contributed by atoms with Gasteiger partial charge in [0.15, 0.2) is 0 Å². The van der Waals surface area contributed by atoms with Crippen LogP contribution in [-0.2, 0) is 19.1 Å². The first-order valence-corrected chi connectivity index (χ1v) is 10.4. The van der Waals surface area contributed by atoms with E-state index in [-0.39, 0.29) is 12.5 Å². The summed E-state index contributed by atoms with van der Waals surface area (Å²) in [4.78, 5) is 39.8. The second kappa shape index (κ2) is 9.68. The third-order valence-electron chi connectivity index (χ3n) is 6.03. The summed E-state index contributed by atoms with van der Waals surface area (Å²) in [6, 6.07) is 14.5. The van der Waals surface area contributed by atoms with Crippen LogP contribution < -0.4 is 0 Å². The largest absolute Gasteiger partial charge is 0.448 e. The predicted octanol–water partition coefficient (Wildman–Crippen LogP) is 3.79. The summed E-state index contributed by atoms with van der Waals surface area (Å²) in [6.45, 7) is 6.64. The first-order valence-electron chi connectivity index (χ1n) is 10.4. The summed E-state index contributed by atoms with van der Waals surface area (Å²) >= 11 is 0. The fourth-order valence-electron chi connectivity index (χ4n) is 3.84. The minimum atomic E-state index is -0.824. The van der Waals surface area contributed by atoms with Crippen molar-refractivity contribution in [3.8, 4) is 11.1 Å². The van der Waals surface area contributed by atoms with Gasteiger partial charge in [0.25, 0.3) is 0 Å². The van der Waals surface area contributed by atoms with E-state index in [1.54, 1.807) is 13.8 Å². The van der Waals surface area contributed by atoms with E-state index in [0.29, 0.717) is 0 Å². The van der Waals surface area contributed by atoms with Gasteiger partial charge in [-0.2, -0.15) is 0 Å². The second-order valence-electron chi connectivity index (χ2n) is 7.82. The number of hydrogen-bond acceptors (Lipinski definition) is 5.